The van der Waals surface area contributed by atoms with Gasteiger partial charge in [0.2, 0.25) is 0 Å². The van der Waals surface area contributed by atoms with E-state index in [1.165, 1.54) is 22.3 Å². The average Bonchev–Trinajstić information content (AvgIpc) is 2.73. The zero-order valence-corrected chi connectivity index (χ0v) is 19.6. The van der Waals surface area contributed by atoms with Crippen LogP contribution in [0.5, 0.6) is 11.5 Å². The molecule has 4 heteroatoms. The van der Waals surface area contributed by atoms with Crippen molar-refractivity contribution in [1.82, 2.24) is 9.80 Å². The Hall–Kier alpha value is -2.30. The van der Waals surface area contributed by atoms with Crippen molar-refractivity contribution in [3.05, 3.63) is 59.7 Å². The predicted molar refractivity (Wildman–Crippen MR) is 128 cm³/mol. The Labute approximate surface area is 183 Å². The number of ether oxygens (including phenoxy) is 2. The SMILES string of the molecule is CC/C(=C(/CC)c1ccc(OCCN(C)C)cc1)c1ccc(OCCN(C)C)cc1. The minimum atomic E-state index is 0.700. The van der Waals surface area contributed by atoms with Crippen LogP contribution in [0.4, 0.5) is 0 Å². The van der Waals surface area contributed by atoms with Gasteiger partial charge in [-0.2, -0.15) is 0 Å². The van der Waals surface area contributed by atoms with Crippen molar-refractivity contribution in [1.29, 1.82) is 0 Å². The van der Waals surface area contributed by atoms with E-state index in [4.69, 9.17) is 9.47 Å². The fraction of sp³-hybridized carbons (Fsp3) is 0.462. The van der Waals surface area contributed by atoms with Gasteiger partial charge in [0.15, 0.2) is 0 Å². The molecule has 0 saturated heterocycles. The molecule has 0 N–H and O–H groups in total. The third kappa shape index (κ3) is 7.51. The standard InChI is InChI=1S/C26H38N2O2/c1-7-25(21-9-13-23(14-10-21)29-19-17-27(3)4)26(8-2)22-11-15-24(16-12-22)30-20-18-28(5)6/h9-16H,7-8,17-20H2,1-6H3/b26-25+. The summed E-state index contributed by atoms with van der Waals surface area (Å²) >= 11 is 0. The van der Waals surface area contributed by atoms with Gasteiger partial charge in [-0.1, -0.05) is 38.1 Å². The number of allylic oxidation sites excluding steroid dienone is 2. The molecule has 0 fully saturated rings. The maximum absolute atomic E-state index is 5.84. The van der Waals surface area contributed by atoms with E-state index >= 15 is 0 Å². The van der Waals surface area contributed by atoms with Crippen molar-refractivity contribution in [2.24, 2.45) is 0 Å². The van der Waals surface area contributed by atoms with Crippen molar-refractivity contribution in [2.45, 2.75) is 26.7 Å². The lowest BCUT2D eigenvalue weighted by molar-refractivity contribution is 0.261. The lowest BCUT2D eigenvalue weighted by Crippen LogP contribution is -2.19. The summed E-state index contributed by atoms with van der Waals surface area (Å²) in [5.74, 6) is 1.85. The summed E-state index contributed by atoms with van der Waals surface area (Å²) in [5, 5.41) is 0. The number of hydrogen-bond acceptors (Lipinski definition) is 4. The molecule has 0 unspecified atom stereocenters. The van der Waals surface area contributed by atoms with Gasteiger partial charge in [-0.3, -0.25) is 0 Å². The largest absolute Gasteiger partial charge is 0.492 e. The third-order valence-electron chi connectivity index (χ3n) is 5.09. The molecule has 30 heavy (non-hydrogen) atoms. The van der Waals surface area contributed by atoms with E-state index in [1.54, 1.807) is 0 Å². The van der Waals surface area contributed by atoms with E-state index in [0.717, 1.165) is 37.4 Å². The number of hydrogen-bond donors (Lipinski definition) is 0. The quantitative estimate of drug-likeness (QED) is 0.443. The molecule has 0 spiro atoms. The van der Waals surface area contributed by atoms with E-state index in [9.17, 15) is 0 Å². The summed E-state index contributed by atoms with van der Waals surface area (Å²) in [5.41, 5.74) is 5.30. The molecule has 0 aliphatic rings. The molecule has 0 saturated carbocycles. The summed E-state index contributed by atoms with van der Waals surface area (Å²) in [6, 6.07) is 17.0. The summed E-state index contributed by atoms with van der Waals surface area (Å²) in [7, 11) is 8.22. The van der Waals surface area contributed by atoms with Crippen LogP contribution in [0.15, 0.2) is 48.5 Å². The Kier molecular flexibility index (Phi) is 9.92. The number of benzene rings is 2. The smallest absolute Gasteiger partial charge is 0.119 e. The molecular formula is C26H38N2O2. The highest BCUT2D eigenvalue weighted by Crippen LogP contribution is 2.32. The molecule has 0 atom stereocenters. The van der Waals surface area contributed by atoms with Crippen LogP contribution in [0.25, 0.3) is 11.1 Å². The molecular weight excluding hydrogens is 372 g/mol. The lowest BCUT2D eigenvalue weighted by Gasteiger charge is -2.16. The van der Waals surface area contributed by atoms with Gasteiger partial charge in [-0.05, 0) is 87.6 Å². The Morgan fingerprint density at radius 2 is 0.933 bits per heavy atom. The van der Waals surface area contributed by atoms with Crippen molar-refractivity contribution in [2.75, 3.05) is 54.5 Å². The second-order valence-electron chi connectivity index (χ2n) is 8.02. The van der Waals surface area contributed by atoms with E-state index < -0.39 is 0 Å². The van der Waals surface area contributed by atoms with Gasteiger partial charge in [-0.15, -0.1) is 0 Å². The molecule has 0 amide bonds. The number of nitrogens with zero attached hydrogens (tertiary/aromatic N) is 2. The Morgan fingerprint density at radius 1 is 0.600 bits per heavy atom. The van der Waals surface area contributed by atoms with E-state index in [1.807, 2.05) is 0 Å². The predicted octanol–water partition coefficient (Wildman–Crippen LogP) is 5.30. The fourth-order valence-corrected chi connectivity index (χ4v) is 3.38. The minimum absolute atomic E-state index is 0.700. The zero-order chi connectivity index (χ0) is 21.9. The fourth-order valence-electron chi connectivity index (χ4n) is 3.38. The lowest BCUT2D eigenvalue weighted by atomic mass is 9.91. The zero-order valence-electron chi connectivity index (χ0n) is 19.6. The van der Waals surface area contributed by atoms with Gasteiger partial charge in [0, 0.05) is 13.1 Å². The van der Waals surface area contributed by atoms with Crippen molar-refractivity contribution < 1.29 is 9.47 Å². The van der Waals surface area contributed by atoms with Gasteiger partial charge in [0.25, 0.3) is 0 Å². The molecule has 0 aromatic heterocycles. The molecule has 0 heterocycles. The van der Waals surface area contributed by atoms with Crippen LogP contribution in [-0.2, 0) is 0 Å². The molecule has 0 bridgehead atoms. The van der Waals surface area contributed by atoms with Crippen LogP contribution in [0.3, 0.4) is 0 Å². The normalized spacial score (nSPS) is 12.3. The molecule has 4 nitrogen and oxygen atoms in total. The highest BCUT2D eigenvalue weighted by molar-refractivity contribution is 5.90. The Bertz CT molecular complexity index is 710. The van der Waals surface area contributed by atoms with Gasteiger partial charge >= 0.3 is 0 Å². The second kappa shape index (κ2) is 12.4. The van der Waals surface area contributed by atoms with Crippen LogP contribution in [0, 0.1) is 0 Å². The number of rotatable bonds is 12. The minimum Gasteiger partial charge on any atom is -0.492 e. The van der Waals surface area contributed by atoms with E-state index in [-0.39, 0.29) is 0 Å². The Morgan fingerprint density at radius 3 is 1.20 bits per heavy atom. The third-order valence-corrected chi connectivity index (χ3v) is 5.09. The Balaban J connectivity index is 2.15. The van der Waals surface area contributed by atoms with Gasteiger partial charge < -0.3 is 19.3 Å². The molecule has 0 aliphatic carbocycles. The molecule has 0 radical (unpaired) electrons. The van der Waals surface area contributed by atoms with Gasteiger partial charge in [0.05, 0.1) is 0 Å². The summed E-state index contributed by atoms with van der Waals surface area (Å²) in [6.07, 6.45) is 1.98. The van der Waals surface area contributed by atoms with Gasteiger partial charge in [-0.25, -0.2) is 0 Å². The first kappa shape index (κ1) is 24.0. The van der Waals surface area contributed by atoms with Crippen molar-refractivity contribution in [3.63, 3.8) is 0 Å². The highest BCUT2D eigenvalue weighted by Gasteiger charge is 2.10. The van der Waals surface area contributed by atoms with Crippen LogP contribution in [0.1, 0.15) is 37.8 Å². The molecule has 2 aromatic carbocycles. The summed E-state index contributed by atoms with van der Waals surface area (Å²) < 4.78 is 11.7. The maximum Gasteiger partial charge on any atom is 0.119 e. The molecule has 164 valence electrons. The van der Waals surface area contributed by atoms with E-state index in [2.05, 4.69) is 100 Å². The topological polar surface area (TPSA) is 24.9 Å². The van der Waals surface area contributed by atoms with Crippen LogP contribution in [0.2, 0.25) is 0 Å². The van der Waals surface area contributed by atoms with Crippen LogP contribution >= 0.6 is 0 Å². The second-order valence-corrected chi connectivity index (χ2v) is 8.02. The summed E-state index contributed by atoms with van der Waals surface area (Å²) in [4.78, 5) is 4.25. The molecule has 2 rings (SSSR count). The van der Waals surface area contributed by atoms with Crippen molar-refractivity contribution >= 4 is 11.1 Å². The first-order valence-corrected chi connectivity index (χ1v) is 10.9. The molecule has 2 aromatic rings. The number of likely N-dealkylation sites (N-methyl/N-ethyl adjacent to an activating group) is 2. The monoisotopic (exact) mass is 410 g/mol. The average molecular weight is 411 g/mol. The first-order chi connectivity index (χ1) is 14.4. The van der Waals surface area contributed by atoms with E-state index in [0.29, 0.717) is 13.2 Å². The maximum atomic E-state index is 5.84. The van der Waals surface area contributed by atoms with Crippen LogP contribution in [-0.4, -0.2) is 64.3 Å². The highest BCUT2D eigenvalue weighted by atomic mass is 16.5. The molecule has 0 aliphatic heterocycles. The first-order valence-electron chi connectivity index (χ1n) is 10.9. The van der Waals surface area contributed by atoms with Crippen molar-refractivity contribution in [3.8, 4) is 11.5 Å². The van der Waals surface area contributed by atoms with Gasteiger partial charge in [0.1, 0.15) is 24.7 Å². The summed E-state index contributed by atoms with van der Waals surface area (Å²) in [6.45, 7) is 7.68. The van der Waals surface area contributed by atoms with Crippen LogP contribution < -0.4 is 9.47 Å².